The molecule has 0 bridgehead atoms. The van der Waals surface area contributed by atoms with Gasteiger partial charge < -0.3 is 11.1 Å². The highest BCUT2D eigenvalue weighted by Gasteiger charge is 2.22. The highest BCUT2D eigenvalue weighted by Crippen LogP contribution is 2.19. The second kappa shape index (κ2) is 5.86. The molecular formula is C11H14BrN3OS. The molecule has 1 aliphatic heterocycles. The molecule has 0 aromatic heterocycles. The predicted octanol–water partition coefficient (Wildman–Crippen LogP) is 1.36. The van der Waals surface area contributed by atoms with Crippen molar-refractivity contribution in [2.75, 3.05) is 0 Å². The van der Waals surface area contributed by atoms with Crippen LogP contribution in [-0.4, -0.2) is 17.6 Å². The second-order valence-electron chi connectivity index (χ2n) is 3.87. The van der Waals surface area contributed by atoms with Crippen LogP contribution in [0.5, 0.6) is 0 Å². The average molecular weight is 316 g/mol. The highest BCUT2D eigenvalue weighted by molar-refractivity contribution is 9.10. The molecule has 1 aromatic rings. The molecule has 0 saturated carbocycles. The van der Waals surface area contributed by atoms with Crippen molar-refractivity contribution in [1.82, 2.24) is 10.6 Å². The van der Waals surface area contributed by atoms with Crippen molar-refractivity contribution in [1.29, 1.82) is 0 Å². The van der Waals surface area contributed by atoms with Gasteiger partial charge in [-0.3, -0.25) is 10.1 Å². The molecule has 2 atom stereocenters. The van der Waals surface area contributed by atoms with Crippen molar-refractivity contribution in [3.05, 3.63) is 34.3 Å². The van der Waals surface area contributed by atoms with Crippen molar-refractivity contribution in [2.24, 2.45) is 5.73 Å². The first kappa shape index (κ1) is 12.9. The summed E-state index contributed by atoms with van der Waals surface area (Å²) in [5.41, 5.74) is 6.82. The molecule has 1 heterocycles. The van der Waals surface area contributed by atoms with Crippen LogP contribution >= 0.6 is 27.7 Å². The summed E-state index contributed by atoms with van der Waals surface area (Å²) in [7, 11) is 0. The van der Waals surface area contributed by atoms with Gasteiger partial charge in [-0.15, -0.1) is 11.8 Å². The molecule has 0 spiro atoms. The number of hydrogen-bond donors (Lipinski definition) is 3. The Morgan fingerprint density at radius 3 is 3.06 bits per heavy atom. The Balaban J connectivity index is 1.87. The molecule has 6 heteroatoms. The summed E-state index contributed by atoms with van der Waals surface area (Å²) >= 11 is 5.06. The minimum Gasteiger partial charge on any atom is -0.332 e. The van der Waals surface area contributed by atoms with E-state index in [1.54, 1.807) is 11.8 Å². The SMILES string of the molecule is NC1CC(=O)NC(SCc2cccc(Br)c2)N1. The maximum Gasteiger partial charge on any atom is 0.224 e. The number of hydrogen-bond acceptors (Lipinski definition) is 4. The van der Waals surface area contributed by atoms with E-state index in [-0.39, 0.29) is 17.6 Å². The minimum atomic E-state index is -0.247. The van der Waals surface area contributed by atoms with E-state index in [4.69, 9.17) is 5.73 Å². The largest absolute Gasteiger partial charge is 0.332 e. The smallest absolute Gasteiger partial charge is 0.224 e. The van der Waals surface area contributed by atoms with Crippen LogP contribution in [0.15, 0.2) is 28.7 Å². The van der Waals surface area contributed by atoms with Crippen LogP contribution in [0.4, 0.5) is 0 Å². The lowest BCUT2D eigenvalue weighted by molar-refractivity contribution is -0.123. The Bertz CT molecular complexity index is 415. The predicted molar refractivity (Wildman–Crippen MR) is 73.1 cm³/mol. The first-order chi connectivity index (χ1) is 8.13. The molecule has 0 aliphatic carbocycles. The van der Waals surface area contributed by atoms with Crippen molar-refractivity contribution in [3.8, 4) is 0 Å². The van der Waals surface area contributed by atoms with E-state index in [1.807, 2.05) is 12.1 Å². The normalized spacial score (nSPS) is 24.5. The minimum absolute atomic E-state index is 0.00277. The average Bonchev–Trinajstić information content (AvgIpc) is 2.25. The van der Waals surface area contributed by atoms with Crippen LogP contribution in [0.2, 0.25) is 0 Å². The number of benzene rings is 1. The number of halogens is 1. The number of amides is 1. The number of nitrogens with two attached hydrogens (primary N) is 1. The summed E-state index contributed by atoms with van der Waals surface area (Å²) in [6, 6.07) is 8.11. The van der Waals surface area contributed by atoms with E-state index in [1.165, 1.54) is 5.56 Å². The third-order valence-corrected chi connectivity index (χ3v) is 3.95. The van der Waals surface area contributed by atoms with Crippen molar-refractivity contribution in [3.63, 3.8) is 0 Å². The fraction of sp³-hybridized carbons (Fsp3) is 0.364. The van der Waals surface area contributed by atoms with Crippen molar-refractivity contribution in [2.45, 2.75) is 23.8 Å². The number of rotatable bonds is 3. The Labute approximate surface area is 113 Å². The molecule has 1 saturated heterocycles. The molecule has 1 aromatic carbocycles. The first-order valence-corrected chi connectivity index (χ1v) is 7.15. The standard InChI is InChI=1S/C11H14BrN3OS/c12-8-3-1-2-7(4-8)6-17-11-14-9(13)5-10(16)15-11/h1-4,9,11,14H,5-6,13H2,(H,15,16). The van der Waals surface area contributed by atoms with Crippen LogP contribution in [0.3, 0.4) is 0 Å². The van der Waals surface area contributed by atoms with Gasteiger partial charge in [-0.2, -0.15) is 0 Å². The topological polar surface area (TPSA) is 67.2 Å². The summed E-state index contributed by atoms with van der Waals surface area (Å²) in [4.78, 5) is 11.3. The van der Waals surface area contributed by atoms with Gasteiger partial charge in [0.15, 0.2) is 0 Å². The molecule has 1 aliphatic rings. The summed E-state index contributed by atoms with van der Waals surface area (Å²) < 4.78 is 1.06. The quantitative estimate of drug-likeness (QED) is 0.788. The van der Waals surface area contributed by atoms with Crippen LogP contribution in [0, 0.1) is 0 Å². The van der Waals surface area contributed by atoms with E-state index in [0.717, 1.165) is 10.2 Å². The van der Waals surface area contributed by atoms with Crippen LogP contribution in [-0.2, 0) is 10.5 Å². The van der Waals surface area contributed by atoms with Gasteiger partial charge in [0.25, 0.3) is 0 Å². The van der Waals surface area contributed by atoms with Gasteiger partial charge in [0.2, 0.25) is 5.91 Å². The third-order valence-electron chi connectivity index (χ3n) is 2.37. The van der Waals surface area contributed by atoms with Gasteiger partial charge in [0.1, 0.15) is 5.50 Å². The fourth-order valence-corrected chi connectivity index (χ4v) is 3.07. The highest BCUT2D eigenvalue weighted by atomic mass is 79.9. The van der Waals surface area contributed by atoms with Gasteiger partial charge in [0.05, 0.1) is 12.6 Å². The summed E-state index contributed by atoms with van der Waals surface area (Å²) in [6.45, 7) is 0. The zero-order valence-electron chi connectivity index (χ0n) is 9.15. The van der Waals surface area contributed by atoms with Crippen molar-refractivity contribution >= 4 is 33.6 Å². The van der Waals surface area contributed by atoms with Gasteiger partial charge in [-0.05, 0) is 17.7 Å². The number of carbonyl (C=O) groups is 1. The monoisotopic (exact) mass is 315 g/mol. The Kier molecular flexibility index (Phi) is 4.44. The van der Waals surface area contributed by atoms with E-state index < -0.39 is 0 Å². The van der Waals surface area contributed by atoms with E-state index >= 15 is 0 Å². The lowest BCUT2D eigenvalue weighted by Gasteiger charge is -2.28. The number of carbonyl (C=O) groups excluding carboxylic acids is 1. The van der Waals surface area contributed by atoms with E-state index in [0.29, 0.717) is 6.42 Å². The second-order valence-corrected chi connectivity index (χ2v) is 5.87. The Morgan fingerprint density at radius 2 is 2.35 bits per heavy atom. The van der Waals surface area contributed by atoms with Crippen LogP contribution in [0.25, 0.3) is 0 Å². The molecule has 0 radical (unpaired) electrons. The molecule has 2 rings (SSSR count). The zero-order valence-corrected chi connectivity index (χ0v) is 11.6. The first-order valence-electron chi connectivity index (χ1n) is 5.30. The molecule has 4 nitrogen and oxygen atoms in total. The lowest BCUT2D eigenvalue weighted by atomic mass is 10.2. The molecule has 1 amide bonds. The molecule has 4 N–H and O–H groups in total. The van der Waals surface area contributed by atoms with Crippen molar-refractivity contribution < 1.29 is 4.79 Å². The van der Waals surface area contributed by atoms with Gasteiger partial charge in [0, 0.05) is 10.2 Å². The van der Waals surface area contributed by atoms with Gasteiger partial charge in [-0.1, -0.05) is 28.1 Å². The Morgan fingerprint density at radius 1 is 1.53 bits per heavy atom. The number of thioether (sulfide) groups is 1. The maximum absolute atomic E-state index is 11.3. The summed E-state index contributed by atoms with van der Waals surface area (Å²) in [5, 5.41) is 5.98. The lowest BCUT2D eigenvalue weighted by Crippen LogP contribution is -2.57. The molecule has 92 valence electrons. The van der Waals surface area contributed by atoms with Crippen LogP contribution in [0.1, 0.15) is 12.0 Å². The molecule has 17 heavy (non-hydrogen) atoms. The van der Waals surface area contributed by atoms with Gasteiger partial charge >= 0.3 is 0 Å². The third kappa shape index (κ3) is 3.99. The molecule has 2 unspecified atom stereocenters. The van der Waals surface area contributed by atoms with Gasteiger partial charge in [-0.25, -0.2) is 0 Å². The maximum atomic E-state index is 11.3. The van der Waals surface area contributed by atoms with E-state index in [2.05, 4.69) is 38.7 Å². The van der Waals surface area contributed by atoms with Crippen LogP contribution < -0.4 is 16.4 Å². The molecular weight excluding hydrogens is 302 g/mol. The Hall–Kier alpha value is -0.560. The number of nitrogens with one attached hydrogen (secondary N) is 2. The van der Waals surface area contributed by atoms with E-state index in [9.17, 15) is 4.79 Å². The zero-order chi connectivity index (χ0) is 12.3. The summed E-state index contributed by atoms with van der Waals surface area (Å²) in [6.07, 6.45) is 0.0947. The fourth-order valence-electron chi connectivity index (χ4n) is 1.60. The summed E-state index contributed by atoms with van der Waals surface area (Å²) in [5.74, 6) is 0.826. The molecule has 1 fully saturated rings.